The average molecular weight is 265 g/mol. The average Bonchev–Trinajstić information content (AvgIpc) is 2.51. The molecule has 3 aromatic rings. The van der Waals surface area contributed by atoms with Crippen LogP contribution < -0.4 is 5.56 Å². The molecule has 3 rings (SSSR count). The third kappa shape index (κ3) is 2.21. The number of ketones is 1. The summed E-state index contributed by atoms with van der Waals surface area (Å²) >= 11 is 0. The number of aromatic nitrogens is 3. The molecule has 5 heteroatoms. The molecule has 0 spiro atoms. The van der Waals surface area contributed by atoms with Gasteiger partial charge in [-0.05, 0) is 12.1 Å². The zero-order valence-corrected chi connectivity index (χ0v) is 10.6. The second-order valence-electron chi connectivity index (χ2n) is 4.36. The van der Waals surface area contributed by atoms with Gasteiger partial charge in [-0.3, -0.25) is 9.59 Å². The van der Waals surface area contributed by atoms with E-state index in [1.165, 1.54) is 0 Å². The Morgan fingerprint density at radius 2 is 1.70 bits per heavy atom. The Kier molecular flexibility index (Phi) is 3.09. The summed E-state index contributed by atoms with van der Waals surface area (Å²) in [6.07, 6.45) is 0. The van der Waals surface area contributed by atoms with Gasteiger partial charge in [0.15, 0.2) is 5.78 Å². The molecule has 0 unspecified atom stereocenters. The summed E-state index contributed by atoms with van der Waals surface area (Å²) in [5, 5.41) is 8.22. The first-order valence-corrected chi connectivity index (χ1v) is 6.16. The first-order valence-electron chi connectivity index (χ1n) is 6.16. The fourth-order valence-corrected chi connectivity index (χ4v) is 1.98. The Hall–Kier alpha value is -2.82. The minimum Gasteiger partial charge on any atom is -0.292 e. The van der Waals surface area contributed by atoms with E-state index in [9.17, 15) is 9.59 Å². The van der Waals surface area contributed by atoms with Crippen molar-refractivity contribution in [1.82, 2.24) is 15.0 Å². The molecule has 0 aliphatic carbocycles. The van der Waals surface area contributed by atoms with Crippen molar-refractivity contribution >= 4 is 16.7 Å². The summed E-state index contributed by atoms with van der Waals surface area (Å²) in [4.78, 5) is 24.3. The predicted octanol–water partition coefficient (Wildman–Crippen LogP) is 1.67. The summed E-state index contributed by atoms with van der Waals surface area (Å²) in [6.45, 7) is -0.110. The van der Waals surface area contributed by atoms with Gasteiger partial charge in [-0.15, -0.1) is 5.10 Å². The molecule has 1 heterocycles. The summed E-state index contributed by atoms with van der Waals surface area (Å²) in [5.74, 6) is -0.169. The number of hydrogen-bond donors (Lipinski definition) is 0. The topological polar surface area (TPSA) is 64.8 Å². The van der Waals surface area contributed by atoms with E-state index in [1.807, 2.05) is 6.07 Å². The highest BCUT2D eigenvalue weighted by molar-refractivity contribution is 5.95. The van der Waals surface area contributed by atoms with Gasteiger partial charge in [0.05, 0.1) is 5.39 Å². The van der Waals surface area contributed by atoms with E-state index in [4.69, 9.17) is 0 Å². The van der Waals surface area contributed by atoms with Gasteiger partial charge in [-0.25, -0.2) is 4.68 Å². The summed E-state index contributed by atoms with van der Waals surface area (Å²) in [7, 11) is 0. The van der Waals surface area contributed by atoms with Crippen LogP contribution in [-0.4, -0.2) is 20.8 Å². The zero-order chi connectivity index (χ0) is 13.9. The fourth-order valence-electron chi connectivity index (χ4n) is 1.98. The van der Waals surface area contributed by atoms with Gasteiger partial charge in [0.25, 0.3) is 5.56 Å². The van der Waals surface area contributed by atoms with E-state index < -0.39 is 0 Å². The van der Waals surface area contributed by atoms with Crippen LogP contribution in [0.15, 0.2) is 59.4 Å². The first-order chi connectivity index (χ1) is 9.75. The van der Waals surface area contributed by atoms with Gasteiger partial charge in [0, 0.05) is 5.56 Å². The standard InChI is InChI=1S/C15H11N3O2/c19-14(11-6-2-1-3-7-11)10-18-15(20)12-8-4-5-9-13(12)16-17-18/h1-9H,10H2. The molecular formula is C15H11N3O2. The molecule has 0 saturated heterocycles. The van der Waals surface area contributed by atoms with Crippen molar-refractivity contribution in [2.24, 2.45) is 0 Å². The lowest BCUT2D eigenvalue weighted by molar-refractivity contribution is 0.0964. The molecule has 20 heavy (non-hydrogen) atoms. The number of rotatable bonds is 3. The van der Waals surface area contributed by atoms with Crippen molar-refractivity contribution in [2.45, 2.75) is 6.54 Å². The fraction of sp³-hybridized carbons (Fsp3) is 0.0667. The Morgan fingerprint density at radius 1 is 1.00 bits per heavy atom. The summed E-state index contributed by atoms with van der Waals surface area (Å²) in [5.41, 5.74) is 0.773. The smallest absolute Gasteiger partial charge is 0.278 e. The number of Topliss-reactive ketones (excluding diaryl/α,β-unsaturated/α-hetero) is 1. The molecule has 5 nitrogen and oxygen atoms in total. The lowest BCUT2D eigenvalue weighted by Crippen LogP contribution is -2.27. The Balaban J connectivity index is 1.98. The second-order valence-corrected chi connectivity index (χ2v) is 4.36. The van der Waals surface area contributed by atoms with Crippen LogP contribution in [0.4, 0.5) is 0 Å². The van der Waals surface area contributed by atoms with Crippen LogP contribution in [-0.2, 0) is 6.54 Å². The molecule has 98 valence electrons. The molecule has 0 aliphatic heterocycles. The van der Waals surface area contributed by atoms with Crippen molar-refractivity contribution in [1.29, 1.82) is 0 Å². The van der Waals surface area contributed by atoms with Gasteiger partial charge < -0.3 is 0 Å². The molecule has 0 saturated carbocycles. The predicted molar refractivity (Wildman–Crippen MR) is 74.6 cm³/mol. The second kappa shape index (κ2) is 5.05. The molecule has 2 aromatic carbocycles. The number of carbonyl (C=O) groups is 1. The number of hydrogen-bond acceptors (Lipinski definition) is 4. The summed E-state index contributed by atoms with van der Waals surface area (Å²) in [6, 6.07) is 15.8. The van der Waals surface area contributed by atoms with Crippen molar-refractivity contribution in [3.8, 4) is 0 Å². The molecule has 0 aliphatic rings. The molecule has 0 fully saturated rings. The molecule has 0 bridgehead atoms. The molecule has 1 aromatic heterocycles. The molecule has 0 N–H and O–H groups in total. The zero-order valence-electron chi connectivity index (χ0n) is 10.6. The first kappa shape index (κ1) is 12.2. The van der Waals surface area contributed by atoms with Crippen LogP contribution in [0.5, 0.6) is 0 Å². The third-order valence-electron chi connectivity index (χ3n) is 3.02. The number of benzene rings is 2. The highest BCUT2D eigenvalue weighted by atomic mass is 16.1. The van der Waals surface area contributed by atoms with Crippen LogP contribution in [0.2, 0.25) is 0 Å². The third-order valence-corrected chi connectivity index (χ3v) is 3.02. The van der Waals surface area contributed by atoms with Gasteiger partial charge in [0.2, 0.25) is 0 Å². The summed E-state index contributed by atoms with van der Waals surface area (Å²) < 4.78 is 1.09. The van der Waals surface area contributed by atoms with E-state index in [0.29, 0.717) is 16.5 Å². The minimum absolute atomic E-state index is 0.110. The monoisotopic (exact) mass is 265 g/mol. The minimum atomic E-state index is -0.306. The largest absolute Gasteiger partial charge is 0.292 e. The Morgan fingerprint density at radius 3 is 2.50 bits per heavy atom. The number of fused-ring (bicyclic) bond motifs is 1. The molecular weight excluding hydrogens is 254 g/mol. The van der Waals surface area contributed by atoms with Gasteiger partial charge in [0.1, 0.15) is 12.1 Å². The van der Waals surface area contributed by atoms with Gasteiger partial charge in [-0.2, -0.15) is 0 Å². The Bertz CT molecular complexity index is 825. The maximum atomic E-state index is 12.2. The van der Waals surface area contributed by atoms with E-state index in [0.717, 1.165) is 4.68 Å². The number of carbonyl (C=O) groups excluding carboxylic acids is 1. The van der Waals surface area contributed by atoms with Crippen molar-refractivity contribution in [3.63, 3.8) is 0 Å². The highest BCUT2D eigenvalue weighted by Gasteiger charge is 2.10. The van der Waals surface area contributed by atoms with Crippen LogP contribution in [0.3, 0.4) is 0 Å². The highest BCUT2D eigenvalue weighted by Crippen LogP contribution is 2.04. The van der Waals surface area contributed by atoms with Crippen LogP contribution in [0, 0.1) is 0 Å². The van der Waals surface area contributed by atoms with E-state index in [2.05, 4.69) is 10.3 Å². The quantitative estimate of drug-likeness (QED) is 0.676. The Labute approximate surface area is 114 Å². The van der Waals surface area contributed by atoms with E-state index in [-0.39, 0.29) is 17.9 Å². The number of nitrogens with zero attached hydrogens (tertiary/aromatic N) is 3. The van der Waals surface area contributed by atoms with Gasteiger partial charge >= 0.3 is 0 Å². The van der Waals surface area contributed by atoms with Crippen molar-refractivity contribution < 1.29 is 4.79 Å². The van der Waals surface area contributed by atoms with Crippen LogP contribution >= 0.6 is 0 Å². The maximum Gasteiger partial charge on any atom is 0.278 e. The van der Waals surface area contributed by atoms with Gasteiger partial charge in [-0.1, -0.05) is 47.7 Å². The maximum absolute atomic E-state index is 12.2. The lowest BCUT2D eigenvalue weighted by Gasteiger charge is -2.04. The van der Waals surface area contributed by atoms with E-state index >= 15 is 0 Å². The lowest BCUT2D eigenvalue weighted by atomic mass is 10.1. The molecule has 0 atom stereocenters. The SMILES string of the molecule is O=C(Cn1nnc2ccccc2c1=O)c1ccccc1. The normalized spacial score (nSPS) is 10.6. The van der Waals surface area contributed by atoms with E-state index in [1.54, 1.807) is 48.5 Å². The van der Waals surface area contributed by atoms with Crippen molar-refractivity contribution in [3.05, 3.63) is 70.5 Å². The molecule has 0 amide bonds. The van der Waals surface area contributed by atoms with Crippen LogP contribution in [0.25, 0.3) is 10.9 Å². The van der Waals surface area contributed by atoms with Crippen LogP contribution in [0.1, 0.15) is 10.4 Å². The molecule has 0 radical (unpaired) electrons. The van der Waals surface area contributed by atoms with Crippen molar-refractivity contribution in [2.75, 3.05) is 0 Å².